The largest absolute Gasteiger partial charge is 0.480 e. The minimum absolute atomic E-state index is 0.125. The number of aliphatic carboxylic acids is 1. The summed E-state index contributed by atoms with van der Waals surface area (Å²) >= 11 is 0. The van der Waals surface area contributed by atoms with E-state index in [0.717, 1.165) is 61.2 Å². The highest BCUT2D eigenvalue weighted by Crippen LogP contribution is 2.26. The molecule has 0 unspecified atom stereocenters. The van der Waals surface area contributed by atoms with E-state index in [2.05, 4.69) is 17.6 Å². The van der Waals surface area contributed by atoms with E-state index in [9.17, 15) is 19.5 Å². The van der Waals surface area contributed by atoms with Crippen LogP contribution in [-0.4, -0.2) is 49.1 Å². The van der Waals surface area contributed by atoms with Crippen molar-refractivity contribution in [3.63, 3.8) is 0 Å². The fourth-order valence-corrected chi connectivity index (χ4v) is 5.13. The van der Waals surface area contributed by atoms with Gasteiger partial charge in [0.1, 0.15) is 6.04 Å². The molecular weight excluding hydrogens is 490 g/mol. The molecule has 7 nitrogen and oxygen atoms in total. The van der Waals surface area contributed by atoms with Gasteiger partial charge in [0.05, 0.1) is 0 Å². The van der Waals surface area contributed by atoms with Crippen molar-refractivity contribution in [1.29, 1.82) is 0 Å². The second-order valence-electron chi connectivity index (χ2n) is 10.8. The third-order valence-corrected chi connectivity index (χ3v) is 7.64. The van der Waals surface area contributed by atoms with Crippen LogP contribution in [0.25, 0.3) is 11.1 Å². The van der Waals surface area contributed by atoms with E-state index < -0.39 is 12.0 Å². The van der Waals surface area contributed by atoms with Crippen molar-refractivity contribution in [2.45, 2.75) is 83.6 Å². The van der Waals surface area contributed by atoms with Crippen LogP contribution < -0.4 is 15.5 Å². The number of carbonyl (C=O) groups excluding carboxylic acids is 2. The first kappa shape index (κ1) is 30.4. The molecule has 0 aromatic heterocycles. The van der Waals surface area contributed by atoms with E-state index in [-0.39, 0.29) is 18.2 Å². The Morgan fingerprint density at radius 1 is 0.974 bits per heavy atom. The monoisotopic (exact) mass is 535 g/mol. The summed E-state index contributed by atoms with van der Waals surface area (Å²) in [6.45, 7) is 4.01. The normalized spacial score (nSPS) is 14.5. The Balaban J connectivity index is 1.55. The van der Waals surface area contributed by atoms with E-state index in [4.69, 9.17) is 0 Å². The quantitative estimate of drug-likeness (QED) is 0.259. The Bertz CT molecular complexity index is 1060. The lowest BCUT2D eigenvalue weighted by molar-refractivity contribution is -0.142. The number of unbranched alkanes of at least 4 members (excludes halogenated alkanes) is 5. The Kier molecular flexibility index (Phi) is 12.5. The number of hydrogen-bond acceptors (Lipinski definition) is 4. The lowest BCUT2D eigenvalue weighted by Gasteiger charge is -2.23. The van der Waals surface area contributed by atoms with Crippen molar-refractivity contribution < 1.29 is 19.5 Å². The molecule has 0 saturated carbocycles. The predicted molar refractivity (Wildman–Crippen MR) is 157 cm³/mol. The van der Waals surface area contributed by atoms with Crippen LogP contribution in [0.5, 0.6) is 0 Å². The van der Waals surface area contributed by atoms with E-state index in [1.54, 1.807) is 4.90 Å². The first-order chi connectivity index (χ1) is 18.9. The lowest BCUT2D eigenvalue weighted by Crippen LogP contribution is -2.43. The molecule has 7 heteroatoms. The summed E-state index contributed by atoms with van der Waals surface area (Å²) in [5, 5.41) is 15.7. The Morgan fingerprint density at radius 3 is 2.36 bits per heavy atom. The molecule has 0 spiro atoms. The molecule has 1 atom stereocenters. The molecule has 3 rings (SSSR count). The number of carboxylic acids is 1. The molecule has 1 heterocycles. The minimum atomic E-state index is -1.03. The van der Waals surface area contributed by atoms with E-state index >= 15 is 0 Å². The maximum Gasteiger partial charge on any atom is 0.326 e. The molecule has 2 amide bonds. The van der Waals surface area contributed by atoms with Gasteiger partial charge in [-0.2, -0.15) is 0 Å². The molecule has 212 valence electrons. The van der Waals surface area contributed by atoms with E-state index in [0.29, 0.717) is 18.8 Å². The molecule has 0 bridgehead atoms. The number of carbonyl (C=O) groups is 3. The summed E-state index contributed by atoms with van der Waals surface area (Å²) in [4.78, 5) is 38.8. The number of nitrogens with one attached hydrogen (secondary N) is 2. The highest BCUT2D eigenvalue weighted by molar-refractivity contribution is 5.93. The first-order valence-corrected chi connectivity index (χ1v) is 14.6. The average Bonchev–Trinajstić information content (AvgIpc) is 2.95. The zero-order valence-corrected chi connectivity index (χ0v) is 23.6. The van der Waals surface area contributed by atoms with Crippen LogP contribution in [0.2, 0.25) is 0 Å². The molecular formula is C32H45N3O4. The molecule has 2 aromatic carbocycles. The zero-order chi connectivity index (χ0) is 28.0. The van der Waals surface area contributed by atoms with Crippen LogP contribution in [0.1, 0.15) is 76.7 Å². The third kappa shape index (κ3) is 10.1. The molecule has 0 radical (unpaired) electrons. The Labute approximate surface area is 233 Å². The van der Waals surface area contributed by atoms with Crippen molar-refractivity contribution in [2.75, 3.05) is 25.0 Å². The van der Waals surface area contributed by atoms with Crippen molar-refractivity contribution in [3.8, 4) is 11.1 Å². The third-order valence-electron chi connectivity index (χ3n) is 7.64. The SMILES string of the molecule is CCCCCCCCC(=O)N(C)c1cccc(-c2ccc(C[C@H](NC(=O)CC3CCNCC3)C(=O)O)cc2)c1. The van der Waals surface area contributed by atoms with Crippen LogP contribution in [0.15, 0.2) is 48.5 Å². The number of hydrogen-bond donors (Lipinski definition) is 3. The predicted octanol–water partition coefficient (Wildman–Crippen LogP) is 5.57. The molecule has 1 aliphatic rings. The number of piperidine rings is 1. The van der Waals surface area contributed by atoms with Gasteiger partial charge in [0.15, 0.2) is 0 Å². The minimum Gasteiger partial charge on any atom is -0.480 e. The summed E-state index contributed by atoms with van der Waals surface area (Å²) in [5.74, 6) is -0.794. The van der Waals surface area contributed by atoms with E-state index in [1.165, 1.54) is 25.7 Å². The van der Waals surface area contributed by atoms with Crippen molar-refractivity contribution in [3.05, 3.63) is 54.1 Å². The van der Waals surface area contributed by atoms with Gasteiger partial charge in [0.2, 0.25) is 11.8 Å². The van der Waals surface area contributed by atoms with Crippen molar-refractivity contribution >= 4 is 23.5 Å². The van der Waals surface area contributed by atoms with Gasteiger partial charge >= 0.3 is 5.97 Å². The maximum absolute atomic E-state index is 12.7. The summed E-state index contributed by atoms with van der Waals surface area (Å²) in [6.07, 6.45) is 9.96. The van der Waals surface area contributed by atoms with Gasteiger partial charge in [-0.15, -0.1) is 0 Å². The van der Waals surface area contributed by atoms with Gasteiger partial charge in [-0.1, -0.05) is 75.4 Å². The number of nitrogens with zero attached hydrogens (tertiary/aromatic N) is 1. The number of carboxylic acid groups (broad SMARTS) is 1. The topological polar surface area (TPSA) is 98.7 Å². The summed E-state index contributed by atoms with van der Waals surface area (Å²) in [5.41, 5.74) is 3.67. The van der Waals surface area contributed by atoms with Crippen molar-refractivity contribution in [1.82, 2.24) is 10.6 Å². The Morgan fingerprint density at radius 2 is 1.67 bits per heavy atom. The van der Waals surface area contributed by atoms with Gasteiger partial charge in [0, 0.05) is 32.0 Å². The summed E-state index contributed by atoms with van der Waals surface area (Å²) < 4.78 is 0. The maximum atomic E-state index is 12.7. The fourth-order valence-electron chi connectivity index (χ4n) is 5.13. The van der Waals surface area contributed by atoms with Gasteiger partial charge in [-0.25, -0.2) is 4.79 Å². The molecule has 3 N–H and O–H groups in total. The lowest BCUT2D eigenvalue weighted by atomic mass is 9.94. The number of benzene rings is 2. The first-order valence-electron chi connectivity index (χ1n) is 14.6. The highest BCUT2D eigenvalue weighted by atomic mass is 16.4. The highest BCUT2D eigenvalue weighted by Gasteiger charge is 2.23. The smallest absolute Gasteiger partial charge is 0.326 e. The van der Waals surface area contributed by atoms with Crippen LogP contribution >= 0.6 is 0 Å². The van der Waals surface area contributed by atoms with Crippen molar-refractivity contribution in [2.24, 2.45) is 5.92 Å². The van der Waals surface area contributed by atoms with Crippen LogP contribution in [0.4, 0.5) is 5.69 Å². The molecule has 1 aliphatic heterocycles. The van der Waals surface area contributed by atoms with Gasteiger partial charge in [-0.05, 0) is 67.1 Å². The molecule has 0 aliphatic carbocycles. The summed E-state index contributed by atoms with van der Waals surface area (Å²) in [7, 11) is 1.83. The molecule has 1 fully saturated rings. The van der Waals surface area contributed by atoms with Gasteiger partial charge < -0.3 is 20.6 Å². The second-order valence-corrected chi connectivity index (χ2v) is 10.8. The number of rotatable bonds is 15. The van der Waals surface area contributed by atoms with Crippen LogP contribution in [0, 0.1) is 5.92 Å². The van der Waals surface area contributed by atoms with E-state index in [1.807, 2.05) is 55.6 Å². The molecule has 2 aromatic rings. The van der Waals surface area contributed by atoms with Gasteiger partial charge in [-0.3, -0.25) is 9.59 Å². The Hall–Kier alpha value is -3.19. The zero-order valence-electron chi connectivity index (χ0n) is 23.6. The molecule has 39 heavy (non-hydrogen) atoms. The van der Waals surface area contributed by atoms with Crippen LogP contribution in [-0.2, 0) is 20.8 Å². The summed E-state index contributed by atoms with van der Waals surface area (Å²) in [6, 6.07) is 14.7. The molecule has 1 saturated heterocycles. The number of amides is 2. The van der Waals surface area contributed by atoms with Gasteiger partial charge in [0.25, 0.3) is 0 Å². The fraction of sp³-hybridized carbons (Fsp3) is 0.531. The standard InChI is InChI=1S/C32H45N3O4/c1-3-4-5-6-7-8-12-31(37)35(2)28-11-9-10-27(23-28)26-15-13-24(14-16-26)21-29(32(38)39)34-30(36)22-25-17-19-33-20-18-25/h9-11,13-16,23,25,29,33H,3-8,12,17-22H2,1-2H3,(H,34,36)(H,38,39)/t29-/m0/s1. The van der Waals surface area contributed by atoms with Crippen LogP contribution in [0.3, 0.4) is 0 Å². The second kappa shape index (κ2) is 16.0. The average molecular weight is 536 g/mol. The number of anilines is 1.